The highest BCUT2D eigenvalue weighted by atomic mass is 32.2. The molecule has 0 aliphatic rings. The first-order valence-electron chi connectivity index (χ1n) is 7.38. The van der Waals surface area contributed by atoms with Crippen LogP contribution in [0, 0.1) is 32.1 Å². The summed E-state index contributed by atoms with van der Waals surface area (Å²) < 4.78 is 5.59. The zero-order chi connectivity index (χ0) is 16.8. The Bertz CT molecular complexity index is 725. The lowest BCUT2D eigenvalue weighted by atomic mass is 10.1. The fourth-order valence-electron chi connectivity index (χ4n) is 2.16. The number of nitrogens with zero attached hydrogens (tertiary/aromatic N) is 2. The largest absolute Gasteiger partial charge is 0.491 e. The standard InChI is InChI=1S/C18H20N2O2S/c1-12-5-4-6-16(7-12)22-10-15(21)11-23-18-17(9-19)13(2)8-14(3)20-18/h4-8,15,21H,10-11H2,1-3H3. The van der Waals surface area contributed by atoms with Gasteiger partial charge in [0.2, 0.25) is 0 Å². The highest BCUT2D eigenvalue weighted by Crippen LogP contribution is 2.24. The Morgan fingerprint density at radius 2 is 2.09 bits per heavy atom. The molecule has 0 bridgehead atoms. The lowest BCUT2D eigenvalue weighted by Gasteiger charge is -2.13. The summed E-state index contributed by atoms with van der Waals surface area (Å²) in [6, 6.07) is 11.8. The molecule has 0 saturated carbocycles. The van der Waals surface area contributed by atoms with Crippen molar-refractivity contribution in [3.8, 4) is 11.8 Å². The van der Waals surface area contributed by atoms with Crippen LogP contribution in [0.5, 0.6) is 5.75 Å². The second-order valence-electron chi connectivity index (χ2n) is 5.46. The molecule has 1 unspecified atom stereocenters. The average Bonchev–Trinajstić information content (AvgIpc) is 2.50. The second kappa shape index (κ2) is 8.00. The molecule has 1 aromatic carbocycles. The number of ether oxygens (including phenoxy) is 1. The molecule has 0 fully saturated rings. The molecule has 23 heavy (non-hydrogen) atoms. The minimum absolute atomic E-state index is 0.211. The van der Waals surface area contributed by atoms with Gasteiger partial charge in [-0.05, 0) is 50.1 Å². The summed E-state index contributed by atoms with van der Waals surface area (Å²) in [5.74, 6) is 1.17. The fourth-order valence-corrected chi connectivity index (χ4v) is 3.17. The average molecular weight is 328 g/mol. The zero-order valence-corrected chi connectivity index (χ0v) is 14.4. The summed E-state index contributed by atoms with van der Waals surface area (Å²) in [7, 11) is 0. The molecule has 1 aromatic heterocycles. The summed E-state index contributed by atoms with van der Waals surface area (Å²) in [5.41, 5.74) is 3.47. The Kier molecular flexibility index (Phi) is 6.03. The molecule has 0 spiro atoms. The van der Waals surface area contributed by atoms with Crippen LogP contribution in [0.2, 0.25) is 0 Å². The molecule has 120 valence electrons. The second-order valence-corrected chi connectivity index (χ2v) is 6.47. The van der Waals surface area contributed by atoms with Crippen molar-refractivity contribution < 1.29 is 9.84 Å². The Morgan fingerprint density at radius 3 is 2.78 bits per heavy atom. The molecule has 0 radical (unpaired) electrons. The van der Waals surface area contributed by atoms with Gasteiger partial charge in [-0.15, -0.1) is 11.8 Å². The Labute approximate surface area is 141 Å². The van der Waals surface area contributed by atoms with Crippen molar-refractivity contribution in [2.75, 3.05) is 12.4 Å². The Balaban J connectivity index is 1.92. The van der Waals surface area contributed by atoms with Crippen LogP contribution >= 0.6 is 11.8 Å². The van der Waals surface area contributed by atoms with Crippen LogP contribution in [0.1, 0.15) is 22.4 Å². The van der Waals surface area contributed by atoms with Gasteiger partial charge in [0, 0.05) is 11.4 Å². The monoisotopic (exact) mass is 328 g/mol. The van der Waals surface area contributed by atoms with Crippen LogP contribution in [0.4, 0.5) is 0 Å². The van der Waals surface area contributed by atoms with Gasteiger partial charge in [0.25, 0.3) is 0 Å². The summed E-state index contributed by atoms with van der Waals surface area (Å²) in [6.45, 7) is 6.00. The van der Waals surface area contributed by atoms with Crippen LogP contribution in [0.3, 0.4) is 0 Å². The van der Waals surface area contributed by atoms with E-state index < -0.39 is 6.10 Å². The fraction of sp³-hybridized carbons (Fsp3) is 0.333. The third-order valence-electron chi connectivity index (χ3n) is 3.27. The van der Waals surface area contributed by atoms with Crippen molar-refractivity contribution in [1.82, 2.24) is 4.98 Å². The van der Waals surface area contributed by atoms with E-state index in [1.807, 2.05) is 51.1 Å². The van der Waals surface area contributed by atoms with E-state index in [0.717, 1.165) is 22.6 Å². The Hall–Kier alpha value is -2.03. The molecule has 0 amide bonds. The maximum atomic E-state index is 10.1. The summed E-state index contributed by atoms with van der Waals surface area (Å²) in [6.07, 6.45) is -0.630. The summed E-state index contributed by atoms with van der Waals surface area (Å²) in [5, 5.41) is 20.0. The molecule has 1 N–H and O–H groups in total. The number of aliphatic hydroxyl groups is 1. The first kappa shape index (κ1) is 17.3. The van der Waals surface area contributed by atoms with Crippen LogP contribution in [-0.4, -0.2) is 28.6 Å². The van der Waals surface area contributed by atoms with Gasteiger partial charge in [-0.1, -0.05) is 12.1 Å². The summed E-state index contributed by atoms with van der Waals surface area (Å²) >= 11 is 1.38. The van der Waals surface area contributed by atoms with Gasteiger partial charge in [0.05, 0.1) is 11.7 Å². The molecule has 0 saturated heterocycles. The van der Waals surface area contributed by atoms with Crippen molar-refractivity contribution in [3.05, 3.63) is 52.7 Å². The van der Waals surface area contributed by atoms with E-state index in [-0.39, 0.29) is 6.61 Å². The molecular formula is C18H20N2O2S. The van der Waals surface area contributed by atoms with E-state index in [1.54, 1.807) is 0 Å². The van der Waals surface area contributed by atoms with Gasteiger partial charge in [-0.25, -0.2) is 4.98 Å². The smallest absolute Gasteiger partial charge is 0.119 e. The normalized spacial score (nSPS) is 11.8. The molecule has 5 heteroatoms. The van der Waals surface area contributed by atoms with Crippen molar-refractivity contribution >= 4 is 11.8 Å². The first-order valence-corrected chi connectivity index (χ1v) is 8.37. The highest BCUT2D eigenvalue weighted by Gasteiger charge is 2.12. The van der Waals surface area contributed by atoms with E-state index in [0.29, 0.717) is 16.3 Å². The number of aryl methyl sites for hydroxylation is 3. The number of aromatic nitrogens is 1. The number of hydrogen-bond acceptors (Lipinski definition) is 5. The van der Waals surface area contributed by atoms with Gasteiger partial charge < -0.3 is 9.84 Å². The molecular weight excluding hydrogens is 308 g/mol. The quantitative estimate of drug-likeness (QED) is 0.823. The van der Waals surface area contributed by atoms with Crippen molar-refractivity contribution in [3.63, 3.8) is 0 Å². The van der Waals surface area contributed by atoms with Gasteiger partial charge in [0.1, 0.15) is 23.5 Å². The van der Waals surface area contributed by atoms with E-state index in [2.05, 4.69) is 11.1 Å². The topological polar surface area (TPSA) is 66.1 Å². The maximum absolute atomic E-state index is 10.1. The SMILES string of the molecule is Cc1cccc(OCC(O)CSc2nc(C)cc(C)c2C#N)c1. The minimum atomic E-state index is -0.630. The van der Waals surface area contributed by atoms with E-state index in [1.165, 1.54) is 11.8 Å². The maximum Gasteiger partial charge on any atom is 0.119 e. The molecule has 1 heterocycles. The van der Waals surface area contributed by atoms with Crippen LogP contribution in [0.15, 0.2) is 35.4 Å². The molecule has 1 atom stereocenters. The number of nitriles is 1. The lowest BCUT2D eigenvalue weighted by Crippen LogP contribution is -2.20. The van der Waals surface area contributed by atoms with Crippen molar-refractivity contribution in [2.45, 2.75) is 31.9 Å². The third kappa shape index (κ3) is 4.98. The van der Waals surface area contributed by atoms with E-state index in [4.69, 9.17) is 4.74 Å². The molecule has 0 aliphatic carbocycles. The minimum Gasteiger partial charge on any atom is -0.491 e. The highest BCUT2D eigenvalue weighted by molar-refractivity contribution is 7.99. The number of benzene rings is 1. The number of thioether (sulfide) groups is 1. The number of pyridine rings is 1. The van der Waals surface area contributed by atoms with E-state index in [9.17, 15) is 10.4 Å². The van der Waals surface area contributed by atoms with Gasteiger partial charge in [0.15, 0.2) is 0 Å². The summed E-state index contributed by atoms with van der Waals surface area (Å²) in [4.78, 5) is 4.40. The lowest BCUT2D eigenvalue weighted by molar-refractivity contribution is 0.126. The number of aliphatic hydroxyl groups excluding tert-OH is 1. The predicted octanol–water partition coefficient (Wildman–Crippen LogP) is 3.41. The van der Waals surface area contributed by atoms with Gasteiger partial charge >= 0.3 is 0 Å². The first-order chi connectivity index (χ1) is 11.0. The molecule has 2 rings (SSSR count). The van der Waals surface area contributed by atoms with Crippen LogP contribution in [-0.2, 0) is 0 Å². The van der Waals surface area contributed by atoms with Crippen LogP contribution < -0.4 is 4.74 Å². The van der Waals surface area contributed by atoms with Gasteiger partial charge in [-0.3, -0.25) is 0 Å². The molecule has 0 aliphatic heterocycles. The molecule has 4 nitrogen and oxygen atoms in total. The van der Waals surface area contributed by atoms with Crippen LogP contribution in [0.25, 0.3) is 0 Å². The van der Waals surface area contributed by atoms with Gasteiger partial charge in [-0.2, -0.15) is 5.26 Å². The number of hydrogen-bond donors (Lipinski definition) is 1. The van der Waals surface area contributed by atoms with Crippen molar-refractivity contribution in [1.29, 1.82) is 5.26 Å². The molecule has 2 aromatic rings. The third-order valence-corrected chi connectivity index (χ3v) is 4.39. The Morgan fingerprint density at radius 1 is 1.30 bits per heavy atom. The zero-order valence-electron chi connectivity index (χ0n) is 13.5. The predicted molar refractivity (Wildman–Crippen MR) is 91.8 cm³/mol. The number of rotatable bonds is 6. The van der Waals surface area contributed by atoms with Crippen molar-refractivity contribution in [2.24, 2.45) is 0 Å². The van der Waals surface area contributed by atoms with E-state index >= 15 is 0 Å².